The summed E-state index contributed by atoms with van der Waals surface area (Å²) in [5, 5.41) is 13.6. The average Bonchev–Trinajstić information content (AvgIpc) is 2.64. The van der Waals surface area contributed by atoms with E-state index in [9.17, 15) is 0 Å². The zero-order valence-electron chi connectivity index (χ0n) is 15.1. The van der Waals surface area contributed by atoms with Gasteiger partial charge in [0.1, 0.15) is 12.1 Å². The average molecular weight is 343 g/mol. The van der Waals surface area contributed by atoms with Crippen molar-refractivity contribution < 1.29 is 5.11 Å². The van der Waals surface area contributed by atoms with Gasteiger partial charge >= 0.3 is 0 Å². The number of aliphatic hydroxyl groups excluding tert-OH is 1. The molecule has 6 nitrogen and oxygen atoms in total. The van der Waals surface area contributed by atoms with Crippen molar-refractivity contribution in [3.05, 3.63) is 30.1 Å². The zero-order valence-corrected chi connectivity index (χ0v) is 15.1. The second-order valence-corrected chi connectivity index (χ2v) is 6.73. The van der Waals surface area contributed by atoms with Crippen LogP contribution in [-0.2, 0) is 0 Å². The SMILES string of the molecule is Cc1cccc2c(NCCCCN3CCN(CCO)CC3)ncnc12. The summed E-state index contributed by atoms with van der Waals surface area (Å²) in [5.74, 6) is 0.936. The summed E-state index contributed by atoms with van der Waals surface area (Å²) in [6.07, 6.45) is 3.97. The maximum atomic E-state index is 8.99. The van der Waals surface area contributed by atoms with Crippen molar-refractivity contribution in [2.45, 2.75) is 19.8 Å². The van der Waals surface area contributed by atoms with E-state index < -0.39 is 0 Å². The summed E-state index contributed by atoms with van der Waals surface area (Å²) in [7, 11) is 0. The minimum atomic E-state index is 0.267. The number of hydrogen-bond acceptors (Lipinski definition) is 6. The number of nitrogens with zero attached hydrogens (tertiary/aromatic N) is 4. The van der Waals surface area contributed by atoms with E-state index in [-0.39, 0.29) is 6.61 Å². The smallest absolute Gasteiger partial charge is 0.137 e. The minimum Gasteiger partial charge on any atom is -0.395 e. The number of rotatable bonds is 8. The third-order valence-electron chi connectivity index (χ3n) is 4.94. The van der Waals surface area contributed by atoms with Gasteiger partial charge in [-0.05, 0) is 37.9 Å². The molecular weight excluding hydrogens is 314 g/mol. The first-order chi connectivity index (χ1) is 12.3. The summed E-state index contributed by atoms with van der Waals surface area (Å²) in [5.41, 5.74) is 2.21. The molecule has 0 aliphatic carbocycles. The normalized spacial score (nSPS) is 16.4. The maximum Gasteiger partial charge on any atom is 0.137 e. The Kier molecular flexibility index (Phi) is 6.55. The number of β-amino-alcohol motifs (C(OH)–C–C–N with tert-alkyl or cyclic N) is 1. The highest BCUT2D eigenvalue weighted by atomic mass is 16.3. The van der Waals surface area contributed by atoms with Crippen LogP contribution in [0.3, 0.4) is 0 Å². The van der Waals surface area contributed by atoms with Crippen molar-refractivity contribution in [2.24, 2.45) is 0 Å². The van der Waals surface area contributed by atoms with Gasteiger partial charge in [0.2, 0.25) is 0 Å². The van der Waals surface area contributed by atoms with E-state index in [1.807, 2.05) is 0 Å². The van der Waals surface area contributed by atoms with Crippen LogP contribution in [0.5, 0.6) is 0 Å². The molecule has 1 aliphatic rings. The number of para-hydroxylation sites is 1. The fraction of sp³-hybridized carbons (Fsp3) is 0.579. The Hall–Kier alpha value is -1.76. The standard InChI is InChI=1S/C19H29N5O/c1-16-5-4-6-17-18(16)21-15-22-19(17)20-7-2-3-8-23-9-11-24(12-10-23)13-14-25/h4-6,15,25H,2-3,7-14H2,1H3,(H,20,21,22). The molecule has 2 heterocycles. The van der Waals surface area contributed by atoms with E-state index in [0.717, 1.165) is 69.0 Å². The molecule has 1 saturated heterocycles. The van der Waals surface area contributed by atoms with Gasteiger partial charge in [0.05, 0.1) is 12.1 Å². The molecule has 1 fully saturated rings. The summed E-state index contributed by atoms with van der Waals surface area (Å²) in [6, 6.07) is 6.22. The molecule has 3 rings (SSSR count). The highest BCUT2D eigenvalue weighted by Crippen LogP contribution is 2.21. The predicted molar refractivity (Wildman–Crippen MR) is 102 cm³/mol. The first-order valence-electron chi connectivity index (χ1n) is 9.27. The molecule has 1 aromatic carbocycles. The molecule has 0 atom stereocenters. The Morgan fingerprint density at radius 1 is 1.04 bits per heavy atom. The summed E-state index contributed by atoms with van der Waals surface area (Å²) >= 11 is 0. The van der Waals surface area contributed by atoms with E-state index in [0.29, 0.717) is 0 Å². The number of benzene rings is 1. The Balaban J connectivity index is 1.39. The van der Waals surface area contributed by atoms with E-state index in [2.05, 4.69) is 50.2 Å². The molecule has 136 valence electrons. The number of aromatic nitrogens is 2. The van der Waals surface area contributed by atoms with Crippen LogP contribution in [0.25, 0.3) is 10.9 Å². The van der Waals surface area contributed by atoms with Crippen molar-refractivity contribution in [3.63, 3.8) is 0 Å². The number of aliphatic hydroxyl groups is 1. The second-order valence-electron chi connectivity index (χ2n) is 6.73. The van der Waals surface area contributed by atoms with Gasteiger partial charge in [0, 0.05) is 44.7 Å². The first-order valence-corrected chi connectivity index (χ1v) is 9.27. The van der Waals surface area contributed by atoms with Gasteiger partial charge in [0.25, 0.3) is 0 Å². The minimum absolute atomic E-state index is 0.267. The molecular formula is C19H29N5O. The van der Waals surface area contributed by atoms with Crippen LogP contribution in [0.1, 0.15) is 18.4 Å². The van der Waals surface area contributed by atoms with E-state index in [1.54, 1.807) is 6.33 Å². The van der Waals surface area contributed by atoms with Crippen LogP contribution in [-0.4, -0.2) is 77.3 Å². The molecule has 0 saturated carbocycles. The first kappa shape index (κ1) is 18.0. The van der Waals surface area contributed by atoms with Crippen LogP contribution in [0.4, 0.5) is 5.82 Å². The van der Waals surface area contributed by atoms with Crippen LogP contribution in [0, 0.1) is 6.92 Å². The maximum absolute atomic E-state index is 8.99. The molecule has 1 aromatic heterocycles. The van der Waals surface area contributed by atoms with Crippen LogP contribution < -0.4 is 5.32 Å². The summed E-state index contributed by atoms with van der Waals surface area (Å²) in [6.45, 7) is 9.62. The molecule has 0 radical (unpaired) electrons. The van der Waals surface area contributed by atoms with Gasteiger partial charge < -0.3 is 15.3 Å². The number of fused-ring (bicyclic) bond motifs is 1. The van der Waals surface area contributed by atoms with Crippen LogP contribution in [0.15, 0.2) is 24.5 Å². The lowest BCUT2D eigenvalue weighted by molar-refractivity contribution is 0.112. The van der Waals surface area contributed by atoms with E-state index >= 15 is 0 Å². The van der Waals surface area contributed by atoms with Crippen LogP contribution >= 0.6 is 0 Å². The van der Waals surface area contributed by atoms with Gasteiger partial charge in [0.15, 0.2) is 0 Å². The van der Waals surface area contributed by atoms with Crippen molar-refractivity contribution in [3.8, 4) is 0 Å². The van der Waals surface area contributed by atoms with Crippen molar-refractivity contribution in [2.75, 3.05) is 57.7 Å². The van der Waals surface area contributed by atoms with Gasteiger partial charge in [-0.2, -0.15) is 0 Å². The molecule has 25 heavy (non-hydrogen) atoms. The molecule has 0 spiro atoms. The summed E-state index contributed by atoms with van der Waals surface area (Å²) < 4.78 is 0. The molecule has 0 bridgehead atoms. The number of anilines is 1. The zero-order chi connectivity index (χ0) is 17.5. The Labute approximate surface area is 149 Å². The lowest BCUT2D eigenvalue weighted by atomic mass is 10.1. The highest BCUT2D eigenvalue weighted by molar-refractivity contribution is 5.90. The second kappa shape index (κ2) is 9.08. The molecule has 2 N–H and O–H groups in total. The van der Waals surface area contributed by atoms with E-state index in [1.165, 1.54) is 12.0 Å². The molecule has 2 aromatic rings. The lowest BCUT2D eigenvalue weighted by Crippen LogP contribution is -2.47. The molecule has 0 unspecified atom stereocenters. The lowest BCUT2D eigenvalue weighted by Gasteiger charge is -2.34. The van der Waals surface area contributed by atoms with Gasteiger partial charge in [-0.1, -0.05) is 12.1 Å². The Morgan fingerprint density at radius 3 is 2.56 bits per heavy atom. The number of piperazine rings is 1. The fourth-order valence-electron chi connectivity index (χ4n) is 3.42. The van der Waals surface area contributed by atoms with Crippen molar-refractivity contribution in [1.82, 2.24) is 19.8 Å². The molecule has 1 aliphatic heterocycles. The van der Waals surface area contributed by atoms with Crippen molar-refractivity contribution >= 4 is 16.7 Å². The topological polar surface area (TPSA) is 64.5 Å². The van der Waals surface area contributed by atoms with E-state index in [4.69, 9.17) is 5.11 Å². The predicted octanol–water partition coefficient (Wildman–Crippen LogP) is 1.74. The molecule has 0 amide bonds. The van der Waals surface area contributed by atoms with Gasteiger partial charge in [-0.15, -0.1) is 0 Å². The monoisotopic (exact) mass is 343 g/mol. The number of nitrogens with one attached hydrogen (secondary N) is 1. The number of hydrogen-bond donors (Lipinski definition) is 2. The largest absolute Gasteiger partial charge is 0.395 e. The number of aryl methyl sites for hydroxylation is 1. The number of unbranched alkanes of at least 4 members (excludes halogenated alkanes) is 1. The quantitative estimate of drug-likeness (QED) is 0.712. The summed E-state index contributed by atoms with van der Waals surface area (Å²) in [4.78, 5) is 13.7. The fourth-order valence-corrected chi connectivity index (χ4v) is 3.42. The molecule has 6 heteroatoms. The Morgan fingerprint density at radius 2 is 1.80 bits per heavy atom. The Bertz CT molecular complexity index is 670. The third kappa shape index (κ3) is 4.87. The third-order valence-corrected chi connectivity index (χ3v) is 4.94. The van der Waals surface area contributed by atoms with Crippen LogP contribution in [0.2, 0.25) is 0 Å². The van der Waals surface area contributed by atoms with Gasteiger partial charge in [-0.3, -0.25) is 4.90 Å². The van der Waals surface area contributed by atoms with Crippen molar-refractivity contribution in [1.29, 1.82) is 0 Å². The van der Waals surface area contributed by atoms with Gasteiger partial charge in [-0.25, -0.2) is 9.97 Å². The highest BCUT2D eigenvalue weighted by Gasteiger charge is 2.15.